The topological polar surface area (TPSA) is 78.9 Å². The van der Waals surface area contributed by atoms with E-state index in [4.69, 9.17) is 14.2 Å². The molecule has 0 amide bonds. The van der Waals surface area contributed by atoms with Gasteiger partial charge in [-0.3, -0.25) is 14.4 Å². The smallest absolute Gasteiger partial charge is 0.306 e. The van der Waals surface area contributed by atoms with Crippen LogP contribution >= 0.6 is 0 Å². The molecule has 64 heavy (non-hydrogen) atoms. The first-order valence-corrected chi connectivity index (χ1v) is 25.5. The third-order valence-corrected chi connectivity index (χ3v) is 10.2. The van der Waals surface area contributed by atoms with E-state index in [2.05, 4.69) is 130 Å². The van der Waals surface area contributed by atoms with Crippen molar-refractivity contribution in [1.82, 2.24) is 0 Å². The molecule has 0 unspecified atom stereocenters. The minimum absolute atomic E-state index is 0.125. The van der Waals surface area contributed by atoms with Crippen molar-refractivity contribution in [1.29, 1.82) is 0 Å². The maximum atomic E-state index is 12.8. The molecule has 0 saturated carbocycles. The quantitative estimate of drug-likeness (QED) is 0.0262. The monoisotopic (exact) mass is 885 g/mol. The summed E-state index contributed by atoms with van der Waals surface area (Å²) in [6.45, 7) is 6.28. The van der Waals surface area contributed by atoms with Crippen LogP contribution in [0.2, 0.25) is 0 Å². The van der Waals surface area contributed by atoms with Crippen molar-refractivity contribution in [2.75, 3.05) is 13.2 Å². The molecule has 0 rings (SSSR count). The van der Waals surface area contributed by atoms with Crippen molar-refractivity contribution in [2.24, 2.45) is 0 Å². The molecule has 6 nitrogen and oxygen atoms in total. The Morgan fingerprint density at radius 1 is 0.328 bits per heavy atom. The van der Waals surface area contributed by atoms with Crippen molar-refractivity contribution < 1.29 is 28.6 Å². The molecule has 0 aliphatic rings. The average molecular weight is 885 g/mol. The fourth-order valence-electron chi connectivity index (χ4n) is 6.46. The second-order valence-corrected chi connectivity index (χ2v) is 16.3. The van der Waals surface area contributed by atoms with Crippen LogP contribution in [0.4, 0.5) is 0 Å². The van der Waals surface area contributed by atoms with Crippen molar-refractivity contribution in [2.45, 2.75) is 213 Å². The van der Waals surface area contributed by atoms with Gasteiger partial charge in [-0.15, -0.1) is 0 Å². The summed E-state index contributed by atoms with van der Waals surface area (Å²) < 4.78 is 16.7. The van der Waals surface area contributed by atoms with E-state index in [1.165, 1.54) is 57.8 Å². The van der Waals surface area contributed by atoms with Crippen LogP contribution in [0, 0.1) is 0 Å². The van der Waals surface area contributed by atoms with Crippen molar-refractivity contribution in [3.63, 3.8) is 0 Å². The second kappa shape index (κ2) is 51.4. The Bertz CT molecular complexity index is 1390. The number of esters is 3. The van der Waals surface area contributed by atoms with Crippen LogP contribution in [-0.2, 0) is 28.6 Å². The maximum absolute atomic E-state index is 12.8. The van der Waals surface area contributed by atoms with Crippen LogP contribution in [0.15, 0.2) is 122 Å². The van der Waals surface area contributed by atoms with Crippen LogP contribution < -0.4 is 0 Å². The zero-order valence-electron chi connectivity index (χ0n) is 41.0. The van der Waals surface area contributed by atoms with Gasteiger partial charge in [0.05, 0.1) is 0 Å². The molecule has 0 aromatic heterocycles. The molecule has 1 atom stereocenters. The summed E-state index contributed by atoms with van der Waals surface area (Å²) in [6, 6.07) is 0. The molecule has 0 spiro atoms. The lowest BCUT2D eigenvalue weighted by Gasteiger charge is -2.18. The van der Waals surface area contributed by atoms with E-state index < -0.39 is 6.10 Å². The highest BCUT2D eigenvalue weighted by Crippen LogP contribution is 2.14. The van der Waals surface area contributed by atoms with E-state index in [9.17, 15) is 14.4 Å². The van der Waals surface area contributed by atoms with Gasteiger partial charge in [0.2, 0.25) is 0 Å². The Labute approximate surface area is 392 Å². The first kappa shape index (κ1) is 59.8. The van der Waals surface area contributed by atoms with Gasteiger partial charge in [-0.1, -0.05) is 213 Å². The van der Waals surface area contributed by atoms with Crippen LogP contribution in [0.5, 0.6) is 0 Å². The Balaban J connectivity index is 4.56. The Morgan fingerprint density at radius 3 is 1.05 bits per heavy atom. The lowest BCUT2D eigenvalue weighted by Crippen LogP contribution is -2.30. The van der Waals surface area contributed by atoms with Gasteiger partial charge < -0.3 is 14.2 Å². The molecule has 0 aliphatic heterocycles. The molecule has 0 bridgehead atoms. The fourth-order valence-corrected chi connectivity index (χ4v) is 6.46. The van der Waals surface area contributed by atoms with Crippen LogP contribution in [0.25, 0.3) is 0 Å². The zero-order chi connectivity index (χ0) is 46.5. The number of carbonyl (C=O) groups is 3. The summed E-state index contributed by atoms with van der Waals surface area (Å²) in [5, 5.41) is 0. The zero-order valence-corrected chi connectivity index (χ0v) is 41.0. The number of rotatable bonds is 44. The van der Waals surface area contributed by atoms with Gasteiger partial charge in [0.15, 0.2) is 6.10 Å². The largest absolute Gasteiger partial charge is 0.462 e. The number of allylic oxidation sites excluding steroid dienone is 20. The molecule has 360 valence electrons. The standard InChI is InChI=1S/C58H92O6/c1-4-7-10-13-16-19-22-25-27-28-29-30-32-34-37-39-42-45-48-51-57(60)63-54-55(64-58(61)52-49-46-43-40-35-24-21-18-15-12-9-6-3)53-62-56(59)50-47-44-41-38-36-33-31-26-23-20-17-14-11-8-5-2/h7-8,10-11,16-17,19-20,25-27,29-31,34,36-38,42,45,55H,4-6,9,12-15,18,21-24,28,32-33,35,39-41,43-44,46-54H2,1-3H3/b10-7-,11-8-,19-16-,20-17-,27-25-,30-29-,31-26-,37-34-,38-36-,45-42-/t55-/m0/s1. The summed E-state index contributed by atoms with van der Waals surface area (Å²) in [7, 11) is 0. The average Bonchev–Trinajstić information content (AvgIpc) is 3.29. The third kappa shape index (κ3) is 48.8. The van der Waals surface area contributed by atoms with E-state index in [-0.39, 0.29) is 37.5 Å². The van der Waals surface area contributed by atoms with Crippen molar-refractivity contribution in [3.05, 3.63) is 122 Å². The summed E-state index contributed by atoms with van der Waals surface area (Å²) in [5.74, 6) is -1.06. The molecule has 0 heterocycles. The minimum atomic E-state index is -0.826. The lowest BCUT2D eigenvalue weighted by atomic mass is 10.0. The minimum Gasteiger partial charge on any atom is -0.462 e. The van der Waals surface area contributed by atoms with E-state index in [0.29, 0.717) is 25.7 Å². The normalized spacial score (nSPS) is 13.1. The molecular formula is C58H92O6. The van der Waals surface area contributed by atoms with Gasteiger partial charge in [-0.05, 0) is 96.3 Å². The fraction of sp³-hybridized carbons (Fsp3) is 0.603. The van der Waals surface area contributed by atoms with E-state index in [0.717, 1.165) is 96.3 Å². The van der Waals surface area contributed by atoms with E-state index >= 15 is 0 Å². The molecule has 0 aromatic carbocycles. The molecular weight excluding hydrogens is 793 g/mol. The van der Waals surface area contributed by atoms with E-state index in [1.54, 1.807) is 0 Å². The Hall–Kier alpha value is -4.19. The summed E-state index contributed by atoms with van der Waals surface area (Å²) in [5.41, 5.74) is 0. The van der Waals surface area contributed by atoms with Crippen LogP contribution in [0.1, 0.15) is 207 Å². The Kier molecular flexibility index (Phi) is 48.1. The molecule has 0 fully saturated rings. The number of hydrogen-bond donors (Lipinski definition) is 0. The summed E-state index contributed by atoms with van der Waals surface area (Å²) in [4.78, 5) is 37.9. The number of hydrogen-bond acceptors (Lipinski definition) is 6. The van der Waals surface area contributed by atoms with Gasteiger partial charge in [-0.2, -0.15) is 0 Å². The lowest BCUT2D eigenvalue weighted by molar-refractivity contribution is -0.166. The van der Waals surface area contributed by atoms with Crippen molar-refractivity contribution >= 4 is 17.9 Å². The molecule has 0 N–H and O–H groups in total. The summed E-state index contributed by atoms with van der Waals surface area (Å²) in [6.07, 6.45) is 70.5. The highest BCUT2D eigenvalue weighted by molar-refractivity contribution is 5.71. The van der Waals surface area contributed by atoms with Gasteiger partial charge in [0.25, 0.3) is 0 Å². The van der Waals surface area contributed by atoms with Crippen LogP contribution in [0.3, 0.4) is 0 Å². The summed E-state index contributed by atoms with van der Waals surface area (Å²) >= 11 is 0. The predicted molar refractivity (Wildman–Crippen MR) is 274 cm³/mol. The number of ether oxygens (including phenoxy) is 3. The molecule has 0 saturated heterocycles. The first-order valence-electron chi connectivity index (χ1n) is 25.5. The van der Waals surface area contributed by atoms with Gasteiger partial charge in [0, 0.05) is 19.3 Å². The number of carbonyl (C=O) groups excluding carboxylic acids is 3. The van der Waals surface area contributed by atoms with Gasteiger partial charge in [0.1, 0.15) is 13.2 Å². The SMILES string of the molecule is CC/C=C\C/C=C\C/C=C\C/C=C\C/C=C\C/C=C\CCC(=O)OC[C@H](COC(=O)CCCC/C=C\C/C=C\C/C=C\C/C=C\CC)OC(=O)CCCCCCCCCCCCCC. The molecule has 6 heteroatoms. The highest BCUT2D eigenvalue weighted by atomic mass is 16.6. The van der Waals surface area contributed by atoms with Gasteiger partial charge >= 0.3 is 17.9 Å². The maximum Gasteiger partial charge on any atom is 0.306 e. The Morgan fingerprint density at radius 2 is 0.641 bits per heavy atom. The first-order chi connectivity index (χ1) is 31.5. The van der Waals surface area contributed by atoms with Gasteiger partial charge in [-0.25, -0.2) is 0 Å². The molecule has 0 aliphatic carbocycles. The van der Waals surface area contributed by atoms with Crippen molar-refractivity contribution in [3.8, 4) is 0 Å². The number of unbranched alkanes of at least 4 members (excludes halogenated alkanes) is 13. The predicted octanol–water partition coefficient (Wildman–Crippen LogP) is 16.9. The molecule has 0 radical (unpaired) electrons. The van der Waals surface area contributed by atoms with Crippen LogP contribution in [-0.4, -0.2) is 37.2 Å². The molecule has 0 aromatic rings. The second-order valence-electron chi connectivity index (χ2n) is 16.3. The van der Waals surface area contributed by atoms with E-state index in [1.807, 2.05) is 12.2 Å². The third-order valence-electron chi connectivity index (χ3n) is 10.2. The highest BCUT2D eigenvalue weighted by Gasteiger charge is 2.19.